The summed E-state index contributed by atoms with van der Waals surface area (Å²) in [5.74, 6) is 1.81. The fraction of sp³-hybridized carbons (Fsp3) is 0.500. The van der Waals surface area contributed by atoms with E-state index in [9.17, 15) is 13.2 Å². The first-order valence-corrected chi connectivity index (χ1v) is 10.6. The number of benzene rings is 1. The van der Waals surface area contributed by atoms with Crippen molar-refractivity contribution in [3.63, 3.8) is 0 Å². The lowest BCUT2D eigenvalue weighted by Gasteiger charge is -2.28. The van der Waals surface area contributed by atoms with E-state index in [1.807, 2.05) is 6.92 Å². The van der Waals surface area contributed by atoms with Gasteiger partial charge in [-0.05, 0) is 76.9 Å². The smallest absolute Gasteiger partial charge is 0.354 e. The minimum atomic E-state index is -4.39. The van der Waals surface area contributed by atoms with E-state index < -0.39 is 11.7 Å². The van der Waals surface area contributed by atoms with Crippen molar-refractivity contribution in [1.29, 1.82) is 0 Å². The molecule has 4 rings (SSSR count). The van der Waals surface area contributed by atoms with Gasteiger partial charge in [0.25, 0.3) is 0 Å². The van der Waals surface area contributed by atoms with Crippen LogP contribution in [-0.2, 0) is 6.18 Å². The number of aromatic amines is 1. The quantitative estimate of drug-likeness (QED) is 0.543. The molecule has 1 fully saturated rings. The number of aromatic nitrogens is 4. The molecule has 0 spiro atoms. The number of aryl methyl sites for hydroxylation is 1. The van der Waals surface area contributed by atoms with Gasteiger partial charge in [0.05, 0.1) is 27.9 Å². The minimum absolute atomic E-state index is 0.334. The molecule has 1 aromatic carbocycles. The molecule has 0 radical (unpaired) electrons. The number of H-pyrrole nitrogens is 1. The third-order valence-electron chi connectivity index (χ3n) is 5.95. The van der Waals surface area contributed by atoms with Crippen LogP contribution in [0.4, 0.5) is 19.1 Å². The number of nitrogens with zero attached hydrogens (tertiary/aromatic N) is 4. The summed E-state index contributed by atoms with van der Waals surface area (Å²) in [5, 5.41) is 3.27. The van der Waals surface area contributed by atoms with Crippen LogP contribution < -0.4 is 5.32 Å². The summed E-state index contributed by atoms with van der Waals surface area (Å²) >= 11 is 0. The first-order chi connectivity index (χ1) is 14.8. The number of hydrogen-bond donors (Lipinski definition) is 2. The molecular weight excluding hydrogens is 405 g/mol. The Morgan fingerprint density at radius 3 is 2.68 bits per heavy atom. The maximum absolute atomic E-state index is 12.9. The van der Waals surface area contributed by atoms with E-state index in [4.69, 9.17) is 0 Å². The van der Waals surface area contributed by atoms with Gasteiger partial charge in [0.2, 0.25) is 5.95 Å². The molecule has 0 unspecified atom stereocenters. The van der Waals surface area contributed by atoms with E-state index in [0.717, 1.165) is 31.0 Å². The Labute approximate surface area is 179 Å². The SMILES string of the molecule is Cc1nc(NCCCC2CCN(C)CC2)ncc1-c1nc2ccc(C(F)(F)F)cc2[nH]1. The summed E-state index contributed by atoms with van der Waals surface area (Å²) in [7, 11) is 2.17. The van der Waals surface area contributed by atoms with Gasteiger partial charge in [0, 0.05) is 12.7 Å². The highest BCUT2D eigenvalue weighted by Gasteiger charge is 2.30. The standard InChI is InChI=1S/C22H27F3N6/c1-14-17(20-29-18-6-5-16(22(23,24)25)12-19(18)30-20)13-27-21(28-14)26-9-3-4-15-7-10-31(2)11-8-15/h5-6,12-13,15H,3-4,7-11H2,1-2H3,(H,29,30)(H,26,27,28). The summed E-state index contributed by atoms with van der Waals surface area (Å²) in [5.41, 5.74) is 1.48. The number of alkyl halides is 3. The molecule has 0 saturated carbocycles. The zero-order valence-corrected chi connectivity index (χ0v) is 17.8. The van der Waals surface area contributed by atoms with E-state index in [1.54, 1.807) is 6.20 Å². The molecule has 2 aromatic heterocycles. The average Bonchev–Trinajstić information content (AvgIpc) is 3.15. The third-order valence-corrected chi connectivity index (χ3v) is 5.95. The Balaban J connectivity index is 1.38. The Bertz CT molecular complexity index is 1040. The molecule has 0 atom stereocenters. The van der Waals surface area contributed by atoms with Crippen LogP contribution in [0, 0.1) is 12.8 Å². The molecule has 3 aromatic rings. The second kappa shape index (κ2) is 8.82. The van der Waals surface area contributed by atoms with Gasteiger partial charge >= 0.3 is 6.18 Å². The molecule has 1 aliphatic heterocycles. The van der Waals surface area contributed by atoms with Gasteiger partial charge in [0.1, 0.15) is 5.82 Å². The first kappa shape index (κ1) is 21.5. The van der Waals surface area contributed by atoms with Crippen LogP contribution in [0.3, 0.4) is 0 Å². The predicted molar refractivity (Wildman–Crippen MR) is 115 cm³/mol. The van der Waals surface area contributed by atoms with Gasteiger partial charge in [-0.3, -0.25) is 0 Å². The zero-order chi connectivity index (χ0) is 22.0. The van der Waals surface area contributed by atoms with Crippen molar-refractivity contribution in [3.05, 3.63) is 35.7 Å². The largest absolute Gasteiger partial charge is 0.416 e. The Hall–Kier alpha value is -2.68. The maximum Gasteiger partial charge on any atom is 0.416 e. The fourth-order valence-corrected chi connectivity index (χ4v) is 4.04. The van der Waals surface area contributed by atoms with Crippen molar-refractivity contribution in [1.82, 2.24) is 24.8 Å². The van der Waals surface area contributed by atoms with Crippen molar-refractivity contribution in [2.75, 3.05) is 32.0 Å². The lowest BCUT2D eigenvalue weighted by atomic mass is 9.92. The van der Waals surface area contributed by atoms with Gasteiger partial charge in [0.15, 0.2) is 0 Å². The monoisotopic (exact) mass is 432 g/mol. The van der Waals surface area contributed by atoms with Crippen molar-refractivity contribution >= 4 is 17.0 Å². The van der Waals surface area contributed by atoms with E-state index in [0.29, 0.717) is 34.1 Å². The van der Waals surface area contributed by atoms with Crippen molar-refractivity contribution in [2.45, 2.75) is 38.8 Å². The molecule has 3 heterocycles. The maximum atomic E-state index is 12.9. The number of imidazole rings is 1. The van der Waals surface area contributed by atoms with Crippen molar-refractivity contribution < 1.29 is 13.2 Å². The molecule has 9 heteroatoms. The summed E-state index contributed by atoms with van der Waals surface area (Å²) in [6.45, 7) is 5.02. The Morgan fingerprint density at radius 1 is 1.19 bits per heavy atom. The second-order valence-corrected chi connectivity index (χ2v) is 8.32. The van der Waals surface area contributed by atoms with Gasteiger partial charge in [-0.1, -0.05) is 0 Å². The third kappa shape index (κ3) is 5.15. The number of hydrogen-bond acceptors (Lipinski definition) is 5. The number of anilines is 1. The minimum Gasteiger partial charge on any atom is -0.354 e. The molecule has 31 heavy (non-hydrogen) atoms. The van der Waals surface area contributed by atoms with Crippen LogP contribution in [0.5, 0.6) is 0 Å². The Kier molecular flexibility index (Phi) is 6.13. The van der Waals surface area contributed by atoms with E-state index in [2.05, 4.69) is 37.2 Å². The molecule has 0 aliphatic carbocycles. The summed E-state index contributed by atoms with van der Waals surface area (Å²) < 4.78 is 38.8. The molecule has 6 nitrogen and oxygen atoms in total. The van der Waals surface area contributed by atoms with Crippen LogP contribution >= 0.6 is 0 Å². The summed E-state index contributed by atoms with van der Waals surface area (Å²) in [6, 6.07) is 3.48. The van der Waals surface area contributed by atoms with E-state index in [-0.39, 0.29) is 0 Å². The van der Waals surface area contributed by atoms with Gasteiger partial charge in [-0.25, -0.2) is 15.0 Å². The predicted octanol–water partition coefficient (Wildman–Crippen LogP) is 4.88. The van der Waals surface area contributed by atoms with Crippen LogP contribution in [0.2, 0.25) is 0 Å². The lowest BCUT2D eigenvalue weighted by molar-refractivity contribution is -0.137. The highest BCUT2D eigenvalue weighted by molar-refractivity contribution is 5.80. The van der Waals surface area contributed by atoms with Crippen LogP contribution in [0.1, 0.15) is 36.9 Å². The molecule has 0 amide bonds. The fourth-order valence-electron chi connectivity index (χ4n) is 4.04. The van der Waals surface area contributed by atoms with Crippen molar-refractivity contribution in [2.24, 2.45) is 5.92 Å². The summed E-state index contributed by atoms with van der Waals surface area (Å²) in [6.07, 6.45) is 2.08. The van der Waals surface area contributed by atoms with E-state index >= 15 is 0 Å². The van der Waals surface area contributed by atoms with Gasteiger partial charge in [-0.15, -0.1) is 0 Å². The van der Waals surface area contributed by atoms with Crippen LogP contribution in [0.25, 0.3) is 22.4 Å². The molecule has 2 N–H and O–H groups in total. The molecular formula is C22H27F3N6. The Morgan fingerprint density at radius 2 is 1.97 bits per heavy atom. The van der Waals surface area contributed by atoms with Crippen molar-refractivity contribution in [3.8, 4) is 11.4 Å². The zero-order valence-electron chi connectivity index (χ0n) is 17.8. The molecule has 0 bridgehead atoms. The summed E-state index contributed by atoms with van der Waals surface area (Å²) in [4.78, 5) is 18.6. The lowest BCUT2D eigenvalue weighted by Crippen LogP contribution is -2.30. The van der Waals surface area contributed by atoms with Gasteiger partial charge < -0.3 is 15.2 Å². The topological polar surface area (TPSA) is 69.7 Å². The van der Waals surface area contributed by atoms with E-state index in [1.165, 1.54) is 38.4 Å². The first-order valence-electron chi connectivity index (χ1n) is 10.6. The van der Waals surface area contributed by atoms with Crippen LogP contribution in [-0.4, -0.2) is 51.5 Å². The highest BCUT2D eigenvalue weighted by Crippen LogP contribution is 2.32. The molecule has 1 saturated heterocycles. The number of likely N-dealkylation sites (tertiary alicyclic amines) is 1. The van der Waals surface area contributed by atoms with Crippen LogP contribution in [0.15, 0.2) is 24.4 Å². The second-order valence-electron chi connectivity index (χ2n) is 8.32. The number of fused-ring (bicyclic) bond motifs is 1. The van der Waals surface area contributed by atoms with Gasteiger partial charge in [-0.2, -0.15) is 13.2 Å². The number of rotatable bonds is 6. The molecule has 166 valence electrons. The number of halogens is 3. The highest BCUT2D eigenvalue weighted by atomic mass is 19.4. The number of nitrogens with one attached hydrogen (secondary N) is 2. The number of piperidine rings is 1. The average molecular weight is 432 g/mol. The molecule has 1 aliphatic rings. The normalized spacial score (nSPS) is 16.2.